The largest absolute Gasteiger partial charge is 0.210 e. The van der Waals surface area contributed by atoms with Crippen molar-refractivity contribution in [2.75, 3.05) is 0 Å². The number of nitrogens with zero attached hydrogens (tertiary/aromatic N) is 1. The van der Waals surface area contributed by atoms with E-state index in [0.29, 0.717) is 0 Å². The van der Waals surface area contributed by atoms with Gasteiger partial charge in [-0.1, -0.05) is 57.7 Å². The number of hydrogen-bond acceptors (Lipinski definition) is 0. The van der Waals surface area contributed by atoms with Crippen molar-refractivity contribution in [1.29, 1.82) is 0 Å². The van der Waals surface area contributed by atoms with Crippen LogP contribution in [-0.4, -0.2) is 0 Å². The van der Waals surface area contributed by atoms with E-state index >= 15 is 0 Å². The van der Waals surface area contributed by atoms with Crippen LogP contribution in [0.3, 0.4) is 0 Å². The van der Waals surface area contributed by atoms with Gasteiger partial charge in [0.1, 0.15) is 0 Å². The van der Waals surface area contributed by atoms with Gasteiger partial charge in [0.2, 0.25) is 5.69 Å². The molecule has 0 saturated heterocycles. The number of unbranched alkanes of at least 4 members (excludes halogenated alkanes) is 4. The van der Waals surface area contributed by atoms with Crippen molar-refractivity contribution < 1.29 is 4.57 Å². The van der Waals surface area contributed by atoms with Crippen molar-refractivity contribution in [2.24, 2.45) is 0 Å². The van der Waals surface area contributed by atoms with Crippen molar-refractivity contribution in [1.82, 2.24) is 0 Å². The smallest absolute Gasteiger partial charge is 0.167 e. The molecule has 0 aliphatic carbocycles. The minimum absolute atomic E-state index is 1.21. The summed E-state index contributed by atoms with van der Waals surface area (Å²) in [6.07, 6.45) is 14.9. The lowest BCUT2D eigenvalue weighted by atomic mass is 9.99. The molecule has 0 aliphatic heterocycles. The van der Waals surface area contributed by atoms with Gasteiger partial charge in [-0.2, -0.15) is 4.57 Å². The normalized spacial score (nSPS) is 10.8. The van der Waals surface area contributed by atoms with Gasteiger partial charge in [0.05, 0.1) is 0 Å². The fourth-order valence-corrected chi connectivity index (χ4v) is 2.93. The molecule has 0 unspecified atom stereocenters. The van der Waals surface area contributed by atoms with Gasteiger partial charge < -0.3 is 0 Å². The predicted molar refractivity (Wildman–Crippen MR) is 94.4 cm³/mol. The van der Waals surface area contributed by atoms with Crippen LogP contribution in [0.1, 0.15) is 63.5 Å². The molecule has 2 aromatic rings. The van der Waals surface area contributed by atoms with Gasteiger partial charge in [0.15, 0.2) is 12.4 Å². The van der Waals surface area contributed by atoms with Gasteiger partial charge in [-0.25, -0.2) is 0 Å². The van der Waals surface area contributed by atoms with Crippen molar-refractivity contribution in [2.45, 2.75) is 65.2 Å². The van der Waals surface area contributed by atoms with E-state index in [9.17, 15) is 0 Å². The first-order valence-electron chi connectivity index (χ1n) is 8.93. The third-order valence-corrected chi connectivity index (χ3v) is 4.30. The lowest BCUT2D eigenvalue weighted by molar-refractivity contribution is -0.596. The number of para-hydroxylation sites is 1. The number of hydrogen-bond donors (Lipinski definition) is 0. The summed E-state index contributed by atoms with van der Waals surface area (Å²) in [6, 6.07) is 13.0. The number of aryl methyl sites for hydroxylation is 2. The molecule has 0 aliphatic rings. The third kappa shape index (κ3) is 4.98. The summed E-state index contributed by atoms with van der Waals surface area (Å²) in [4.78, 5) is 0. The molecule has 0 bridgehead atoms. The maximum atomic E-state index is 2.35. The maximum absolute atomic E-state index is 2.35. The fourth-order valence-electron chi connectivity index (χ4n) is 2.93. The molecule has 0 saturated carbocycles. The quantitative estimate of drug-likeness (QED) is 0.429. The van der Waals surface area contributed by atoms with Crippen LogP contribution in [0.25, 0.3) is 5.69 Å². The Kier molecular flexibility index (Phi) is 7.15. The summed E-state index contributed by atoms with van der Waals surface area (Å²) in [5.74, 6) is 0. The minimum Gasteiger partial charge on any atom is -0.167 e. The van der Waals surface area contributed by atoms with Crippen LogP contribution in [0, 0.1) is 0 Å². The summed E-state index contributed by atoms with van der Waals surface area (Å²) >= 11 is 0. The van der Waals surface area contributed by atoms with Crippen LogP contribution in [0.4, 0.5) is 0 Å². The maximum Gasteiger partial charge on any atom is 0.210 e. The number of pyridine rings is 1. The first-order chi connectivity index (χ1) is 10.8. The molecule has 0 amide bonds. The van der Waals surface area contributed by atoms with Gasteiger partial charge in [0.25, 0.3) is 0 Å². The Morgan fingerprint density at radius 3 is 2.00 bits per heavy atom. The zero-order chi connectivity index (χ0) is 15.6. The molecule has 1 heteroatoms. The van der Waals surface area contributed by atoms with E-state index in [0.717, 1.165) is 0 Å². The lowest BCUT2D eigenvalue weighted by Crippen LogP contribution is -2.30. The highest BCUT2D eigenvalue weighted by Crippen LogP contribution is 2.15. The van der Waals surface area contributed by atoms with Crippen LogP contribution in [0.2, 0.25) is 0 Å². The summed E-state index contributed by atoms with van der Waals surface area (Å²) < 4.78 is 2.27. The van der Waals surface area contributed by atoms with E-state index in [2.05, 4.69) is 67.2 Å². The molecule has 1 nitrogen and oxygen atoms in total. The molecule has 0 atom stereocenters. The Labute approximate surface area is 136 Å². The van der Waals surface area contributed by atoms with Crippen molar-refractivity contribution >= 4 is 0 Å². The zero-order valence-corrected chi connectivity index (χ0v) is 14.2. The predicted octanol–water partition coefficient (Wildman–Crippen LogP) is 5.43. The van der Waals surface area contributed by atoms with Crippen LogP contribution >= 0.6 is 0 Å². The van der Waals surface area contributed by atoms with E-state index in [4.69, 9.17) is 0 Å². The first-order valence-corrected chi connectivity index (χ1v) is 8.93. The summed E-state index contributed by atoms with van der Waals surface area (Å²) in [6.45, 7) is 4.55. The molecule has 1 aromatic heterocycles. The molecule has 0 fully saturated rings. The highest BCUT2D eigenvalue weighted by molar-refractivity contribution is 5.25. The SMILES string of the molecule is CCCCCc1cc[n+](-c2ccccc2)cc1CCCCC. The Morgan fingerprint density at radius 1 is 0.727 bits per heavy atom. The van der Waals surface area contributed by atoms with Crippen molar-refractivity contribution in [3.63, 3.8) is 0 Å². The average Bonchev–Trinajstić information content (AvgIpc) is 2.57. The molecule has 2 rings (SSSR count). The zero-order valence-electron chi connectivity index (χ0n) is 14.2. The van der Waals surface area contributed by atoms with E-state index in [1.54, 1.807) is 5.56 Å². The lowest BCUT2D eigenvalue weighted by Gasteiger charge is -2.08. The fraction of sp³-hybridized carbons (Fsp3) is 0.476. The van der Waals surface area contributed by atoms with Crippen LogP contribution in [-0.2, 0) is 12.8 Å². The molecule has 0 N–H and O–H groups in total. The molecule has 1 heterocycles. The van der Waals surface area contributed by atoms with E-state index in [1.807, 2.05) is 0 Å². The molecule has 0 spiro atoms. The molecule has 22 heavy (non-hydrogen) atoms. The van der Waals surface area contributed by atoms with Gasteiger partial charge >= 0.3 is 0 Å². The number of aromatic nitrogens is 1. The van der Waals surface area contributed by atoms with E-state index in [1.165, 1.54) is 62.6 Å². The Bertz CT molecular complexity index is 545. The molecule has 1 aromatic carbocycles. The average molecular weight is 296 g/mol. The standard InChI is InChI=1S/C21H30N/c1-3-5-8-12-19-16-17-22(21-14-10-7-11-15-21)18-20(19)13-9-6-4-2/h7,10-11,14-18H,3-6,8-9,12-13H2,1-2H3/q+1. The Balaban J connectivity index is 2.18. The van der Waals surface area contributed by atoms with Crippen LogP contribution in [0.5, 0.6) is 0 Å². The van der Waals surface area contributed by atoms with Crippen molar-refractivity contribution in [3.05, 3.63) is 59.9 Å². The van der Waals surface area contributed by atoms with E-state index in [-0.39, 0.29) is 0 Å². The molecule has 118 valence electrons. The van der Waals surface area contributed by atoms with Crippen LogP contribution < -0.4 is 4.57 Å². The van der Waals surface area contributed by atoms with Gasteiger partial charge in [-0.3, -0.25) is 0 Å². The second-order valence-corrected chi connectivity index (χ2v) is 6.15. The monoisotopic (exact) mass is 296 g/mol. The minimum atomic E-state index is 1.21. The summed E-state index contributed by atoms with van der Waals surface area (Å²) in [5.41, 5.74) is 4.34. The second-order valence-electron chi connectivity index (χ2n) is 6.15. The van der Waals surface area contributed by atoms with Gasteiger partial charge in [-0.15, -0.1) is 0 Å². The first kappa shape index (κ1) is 16.7. The molecular weight excluding hydrogens is 266 g/mol. The number of benzene rings is 1. The molecular formula is C21H30N+. The van der Waals surface area contributed by atoms with E-state index < -0.39 is 0 Å². The highest BCUT2D eigenvalue weighted by Gasteiger charge is 2.11. The Morgan fingerprint density at radius 2 is 1.36 bits per heavy atom. The van der Waals surface area contributed by atoms with Gasteiger partial charge in [-0.05, 0) is 31.2 Å². The second kappa shape index (κ2) is 9.40. The number of rotatable bonds is 9. The topological polar surface area (TPSA) is 3.88 Å². The van der Waals surface area contributed by atoms with Crippen molar-refractivity contribution in [3.8, 4) is 5.69 Å². The Hall–Kier alpha value is -1.63. The highest BCUT2D eigenvalue weighted by atomic mass is 14.9. The summed E-state index contributed by atoms with van der Waals surface area (Å²) in [5, 5.41) is 0. The van der Waals surface area contributed by atoms with Crippen LogP contribution in [0.15, 0.2) is 48.8 Å². The summed E-state index contributed by atoms with van der Waals surface area (Å²) in [7, 11) is 0. The van der Waals surface area contributed by atoms with Gasteiger partial charge in [0, 0.05) is 23.8 Å². The third-order valence-electron chi connectivity index (χ3n) is 4.30. The molecule has 0 radical (unpaired) electrons.